The Bertz CT molecular complexity index is 315. The summed E-state index contributed by atoms with van der Waals surface area (Å²) in [5.74, 6) is 0. The molecule has 0 bridgehead atoms. The van der Waals surface area contributed by atoms with Gasteiger partial charge in [-0.1, -0.05) is 0 Å². The summed E-state index contributed by atoms with van der Waals surface area (Å²) >= 11 is 0. The van der Waals surface area contributed by atoms with Crippen molar-refractivity contribution in [2.45, 2.75) is 26.4 Å². The van der Waals surface area contributed by atoms with Crippen molar-refractivity contribution in [3.8, 4) is 0 Å². The Morgan fingerprint density at radius 1 is 1.67 bits per heavy atom. The van der Waals surface area contributed by atoms with Crippen molar-refractivity contribution in [3.63, 3.8) is 0 Å². The number of pyridine rings is 1. The third-order valence-electron chi connectivity index (χ3n) is 1.64. The standard InChI is InChI=1S/C9H14N2O/c1-7-3-4-11(6-8(2)10)9(12)5-7/h3-5,8H,6,10H2,1-2H3/t8-/m1/s1. The first kappa shape index (κ1) is 9.00. The molecule has 0 aliphatic rings. The van der Waals surface area contributed by atoms with Gasteiger partial charge >= 0.3 is 0 Å². The summed E-state index contributed by atoms with van der Waals surface area (Å²) < 4.78 is 1.62. The molecule has 1 rings (SSSR count). The van der Waals surface area contributed by atoms with Crippen LogP contribution < -0.4 is 11.3 Å². The fourth-order valence-electron chi connectivity index (χ4n) is 1.07. The molecule has 1 heterocycles. The smallest absolute Gasteiger partial charge is 0.250 e. The highest BCUT2D eigenvalue weighted by molar-refractivity contribution is 5.08. The molecule has 3 heteroatoms. The lowest BCUT2D eigenvalue weighted by Gasteiger charge is -2.07. The number of hydrogen-bond donors (Lipinski definition) is 1. The molecule has 0 saturated carbocycles. The lowest BCUT2D eigenvalue weighted by Crippen LogP contribution is -2.29. The molecule has 0 spiro atoms. The molecule has 12 heavy (non-hydrogen) atoms. The molecular formula is C9H14N2O. The number of aromatic nitrogens is 1. The summed E-state index contributed by atoms with van der Waals surface area (Å²) in [5.41, 5.74) is 6.58. The second-order valence-electron chi connectivity index (χ2n) is 3.17. The maximum atomic E-state index is 11.3. The second kappa shape index (κ2) is 3.54. The Hall–Kier alpha value is -1.09. The summed E-state index contributed by atoms with van der Waals surface area (Å²) in [4.78, 5) is 11.3. The van der Waals surface area contributed by atoms with E-state index < -0.39 is 0 Å². The van der Waals surface area contributed by atoms with Crippen LogP contribution in [0.15, 0.2) is 23.1 Å². The van der Waals surface area contributed by atoms with Gasteiger partial charge in [0.1, 0.15) is 0 Å². The zero-order valence-corrected chi connectivity index (χ0v) is 7.45. The highest BCUT2D eigenvalue weighted by atomic mass is 16.1. The first-order chi connectivity index (χ1) is 5.59. The van der Waals surface area contributed by atoms with Crippen molar-refractivity contribution in [2.75, 3.05) is 0 Å². The van der Waals surface area contributed by atoms with Gasteiger partial charge in [-0.15, -0.1) is 0 Å². The van der Waals surface area contributed by atoms with Gasteiger partial charge in [-0.3, -0.25) is 4.79 Å². The van der Waals surface area contributed by atoms with Crippen LogP contribution in [0.5, 0.6) is 0 Å². The van der Waals surface area contributed by atoms with E-state index in [4.69, 9.17) is 5.73 Å². The topological polar surface area (TPSA) is 48.0 Å². The highest BCUT2D eigenvalue weighted by Gasteiger charge is 1.98. The zero-order chi connectivity index (χ0) is 9.14. The van der Waals surface area contributed by atoms with E-state index in [1.807, 2.05) is 19.9 Å². The molecule has 1 aromatic rings. The van der Waals surface area contributed by atoms with E-state index in [-0.39, 0.29) is 11.6 Å². The molecule has 0 unspecified atom stereocenters. The average molecular weight is 166 g/mol. The number of aryl methyl sites for hydroxylation is 1. The summed E-state index contributed by atoms with van der Waals surface area (Å²) in [7, 11) is 0. The minimum atomic E-state index is 0.0189. The minimum absolute atomic E-state index is 0.0189. The van der Waals surface area contributed by atoms with Crippen molar-refractivity contribution < 1.29 is 0 Å². The average Bonchev–Trinajstić information content (AvgIpc) is 1.94. The predicted molar refractivity (Wildman–Crippen MR) is 49.1 cm³/mol. The van der Waals surface area contributed by atoms with Crippen LogP contribution in [0.2, 0.25) is 0 Å². The number of rotatable bonds is 2. The normalized spacial score (nSPS) is 12.9. The molecule has 0 radical (unpaired) electrons. The fourth-order valence-corrected chi connectivity index (χ4v) is 1.07. The number of hydrogen-bond acceptors (Lipinski definition) is 2. The Balaban J connectivity index is 2.94. The van der Waals surface area contributed by atoms with Gasteiger partial charge < -0.3 is 10.3 Å². The van der Waals surface area contributed by atoms with E-state index in [1.54, 1.807) is 16.8 Å². The molecule has 1 atom stereocenters. The third kappa shape index (κ3) is 2.20. The minimum Gasteiger partial charge on any atom is -0.326 e. The first-order valence-electron chi connectivity index (χ1n) is 4.02. The van der Waals surface area contributed by atoms with Gasteiger partial charge in [-0.25, -0.2) is 0 Å². The van der Waals surface area contributed by atoms with Gasteiger partial charge in [-0.05, 0) is 25.5 Å². The molecule has 0 saturated heterocycles. The Morgan fingerprint density at radius 3 is 2.83 bits per heavy atom. The summed E-state index contributed by atoms with van der Waals surface area (Å²) in [6.07, 6.45) is 1.78. The van der Waals surface area contributed by atoms with Crippen LogP contribution in [-0.4, -0.2) is 10.6 Å². The third-order valence-corrected chi connectivity index (χ3v) is 1.64. The number of nitrogens with zero attached hydrogens (tertiary/aromatic N) is 1. The Kier molecular flexibility index (Phi) is 2.65. The van der Waals surface area contributed by atoms with Crippen molar-refractivity contribution >= 4 is 0 Å². The second-order valence-corrected chi connectivity index (χ2v) is 3.17. The van der Waals surface area contributed by atoms with Crippen molar-refractivity contribution in [1.29, 1.82) is 0 Å². The lowest BCUT2D eigenvalue weighted by molar-refractivity contribution is 0.573. The monoisotopic (exact) mass is 166 g/mol. The van der Waals surface area contributed by atoms with E-state index in [9.17, 15) is 4.79 Å². The molecule has 2 N–H and O–H groups in total. The van der Waals surface area contributed by atoms with Crippen LogP contribution >= 0.6 is 0 Å². The maximum Gasteiger partial charge on any atom is 0.250 e. The van der Waals surface area contributed by atoms with Gasteiger partial charge in [0.15, 0.2) is 0 Å². The molecule has 0 aliphatic carbocycles. The highest BCUT2D eigenvalue weighted by Crippen LogP contribution is 1.91. The summed E-state index contributed by atoms with van der Waals surface area (Å²) in [5, 5.41) is 0. The molecular weight excluding hydrogens is 152 g/mol. The SMILES string of the molecule is Cc1ccn(C[C@@H](C)N)c(=O)c1. The van der Waals surface area contributed by atoms with E-state index in [0.717, 1.165) is 5.56 Å². The zero-order valence-electron chi connectivity index (χ0n) is 7.45. The Morgan fingerprint density at radius 2 is 2.33 bits per heavy atom. The lowest BCUT2D eigenvalue weighted by atomic mass is 10.3. The van der Waals surface area contributed by atoms with Gasteiger partial charge in [0, 0.05) is 24.8 Å². The number of nitrogens with two attached hydrogens (primary N) is 1. The largest absolute Gasteiger partial charge is 0.326 e. The van der Waals surface area contributed by atoms with Gasteiger partial charge in [0.05, 0.1) is 0 Å². The summed E-state index contributed by atoms with van der Waals surface area (Å²) in [6.45, 7) is 4.36. The quantitative estimate of drug-likeness (QED) is 0.695. The van der Waals surface area contributed by atoms with Crippen LogP contribution in [0.3, 0.4) is 0 Å². The molecule has 66 valence electrons. The molecule has 0 fully saturated rings. The first-order valence-corrected chi connectivity index (χ1v) is 4.02. The van der Waals surface area contributed by atoms with Crippen LogP contribution in [-0.2, 0) is 6.54 Å². The van der Waals surface area contributed by atoms with Crippen LogP contribution in [0.25, 0.3) is 0 Å². The molecule has 0 aliphatic heterocycles. The van der Waals surface area contributed by atoms with E-state index >= 15 is 0 Å². The van der Waals surface area contributed by atoms with Gasteiger partial charge in [0.2, 0.25) is 0 Å². The van der Waals surface area contributed by atoms with E-state index in [1.165, 1.54) is 0 Å². The van der Waals surface area contributed by atoms with Crippen LogP contribution in [0.4, 0.5) is 0 Å². The maximum absolute atomic E-state index is 11.3. The van der Waals surface area contributed by atoms with E-state index in [0.29, 0.717) is 6.54 Å². The van der Waals surface area contributed by atoms with Crippen LogP contribution in [0.1, 0.15) is 12.5 Å². The van der Waals surface area contributed by atoms with Crippen molar-refractivity contribution in [2.24, 2.45) is 5.73 Å². The van der Waals surface area contributed by atoms with Crippen molar-refractivity contribution in [3.05, 3.63) is 34.2 Å². The van der Waals surface area contributed by atoms with Crippen LogP contribution in [0, 0.1) is 6.92 Å². The Labute approximate surface area is 71.8 Å². The fraction of sp³-hybridized carbons (Fsp3) is 0.444. The van der Waals surface area contributed by atoms with Gasteiger partial charge in [0.25, 0.3) is 5.56 Å². The van der Waals surface area contributed by atoms with Gasteiger partial charge in [-0.2, -0.15) is 0 Å². The summed E-state index contributed by atoms with van der Waals surface area (Å²) in [6, 6.07) is 3.54. The molecule has 3 nitrogen and oxygen atoms in total. The predicted octanol–water partition coefficient (Wildman–Crippen LogP) is 0.504. The van der Waals surface area contributed by atoms with Crippen molar-refractivity contribution in [1.82, 2.24) is 4.57 Å². The molecule has 0 amide bonds. The van der Waals surface area contributed by atoms with E-state index in [2.05, 4.69) is 0 Å². The molecule has 1 aromatic heterocycles. The molecule has 0 aromatic carbocycles.